The van der Waals surface area contributed by atoms with Crippen LogP contribution in [0.15, 0.2) is 12.1 Å². The smallest absolute Gasteiger partial charge is 0.416 e. The van der Waals surface area contributed by atoms with Gasteiger partial charge in [-0.3, -0.25) is 0 Å². The van der Waals surface area contributed by atoms with E-state index in [0.29, 0.717) is 6.42 Å². The van der Waals surface area contributed by atoms with Gasteiger partial charge in [0.25, 0.3) is 0 Å². The van der Waals surface area contributed by atoms with Crippen molar-refractivity contribution in [3.63, 3.8) is 0 Å². The van der Waals surface area contributed by atoms with E-state index < -0.39 is 11.7 Å². The summed E-state index contributed by atoms with van der Waals surface area (Å²) in [6.07, 6.45) is -4.13. The van der Waals surface area contributed by atoms with Crippen molar-refractivity contribution in [3.8, 4) is 5.75 Å². The van der Waals surface area contributed by atoms with Gasteiger partial charge in [-0.15, -0.1) is 0 Å². The molecule has 0 atom stereocenters. The molecule has 1 aromatic carbocycles. The van der Waals surface area contributed by atoms with Crippen molar-refractivity contribution in [2.75, 3.05) is 0 Å². The van der Waals surface area contributed by atoms with Crippen molar-refractivity contribution in [1.82, 2.24) is 0 Å². The zero-order chi connectivity index (χ0) is 10.9. The molecule has 5 heteroatoms. The molecule has 0 heterocycles. The summed E-state index contributed by atoms with van der Waals surface area (Å²) in [5.41, 5.74) is -0.637. The highest BCUT2D eigenvalue weighted by Crippen LogP contribution is 2.36. The average molecular weight is 225 g/mol. The Hall–Kier alpha value is -0.900. The molecule has 0 aliphatic rings. The van der Waals surface area contributed by atoms with Crippen LogP contribution >= 0.6 is 11.6 Å². The van der Waals surface area contributed by atoms with E-state index in [9.17, 15) is 18.3 Å². The molecular formula is C9H8ClF3O. The zero-order valence-electron chi connectivity index (χ0n) is 7.32. The number of aromatic hydroxyl groups is 1. The summed E-state index contributed by atoms with van der Waals surface area (Å²) in [6.45, 7) is 1.64. The van der Waals surface area contributed by atoms with E-state index >= 15 is 0 Å². The summed E-state index contributed by atoms with van der Waals surface area (Å²) < 4.78 is 36.8. The van der Waals surface area contributed by atoms with Crippen LogP contribution in [0.4, 0.5) is 13.2 Å². The van der Waals surface area contributed by atoms with Crippen molar-refractivity contribution in [2.45, 2.75) is 19.5 Å². The summed E-state index contributed by atoms with van der Waals surface area (Å²) in [5, 5.41) is 9.02. The standard InChI is InChI=1S/C9H8ClF3O/c1-2-5-3-6(9(11,12)13)4-7(10)8(5)14/h3-4,14H,2H2,1H3. The van der Waals surface area contributed by atoms with E-state index in [1.165, 1.54) is 0 Å². The van der Waals surface area contributed by atoms with Crippen LogP contribution in [0.5, 0.6) is 5.75 Å². The number of hydrogen-bond donors (Lipinski definition) is 1. The monoisotopic (exact) mass is 224 g/mol. The largest absolute Gasteiger partial charge is 0.506 e. The van der Waals surface area contributed by atoms with Crippen LogP contribution < -0.4 is 0 Å². The van der Waals surface area contributed by atoms with Crippen molar-refractivity contribution >= 4 is 11.6 Å². The second-order valence-electron chi connectivity index (χ2n) is 2.82. The molecule has 0 fully saturated rings. The van der Waals surface area contributed by atoms with E-state index in [1.54, 1.807) is 6.92 Å². The minimum absolute atomic E-state index is 0.199. The Kier molecular flexibility index (Phi) is 2.95. The third-order valence-corrected chi connectivity index (χ3v) is 2.14. The van der Waals surface area contributed by atoms with Crippen molar-refractivity contribution in [2.24, 2.45) is 0 Å². The Morgan fingerprint density at radius 3 is 2.36 bits per heavy atom. The van der Waals surface area contributed by atoms with Crippen LogP contribution in [0.1, 0.15) is 18.1 Å². The fourth-order valence-electron chi connectivity index (χ4n) is 1.09. The van der Waals surface area contributed by atoms with E-state index in [0.717, 1.165) is 12.1 Å². The zero-order valence-corrected chi connectivity index (χ0v) is 8.08. The Balaban J connectivity index is 3.30. The molecule has 0 aliphatic carbocycles. The van der Waals surface area contributed by atoms with Crippen molar-refractivity contribution in [3.05, 3.63) is 28.3 Å². The molecule has 0 bridgehead atoms. The van der Waals surface area contributed by atoms with Crippen molar-refractivity contribution < 1.29 is 18.3 Å². The number of hydrogen-bond acceptors (Lipinski definition) is 1. The first-order valence-electron chi connectivity index (χ1n) is 3.94. The summed E-state index contributed by atoms with van der Waals surface area (Å²) in [7, 11) is 0. The van der Waals surface area contributed by atoms with Crippen LogP contribution in [0.25, 0.3) is 0 Å². The lowest BCUT2D eigenvalue weighted by molar-refractivity contribution is -0.137. The van der Waals surface area contributed by atoms with Gasteiger partial charge in [0.2, 0.25) is 0 Å². The Bertz CT molecular complexity index is 347. The molecule has 1 rings (SSSR count). The predicted octanol–water partition coefficient (Wildman–Crippen LogP) is 3.63. The minimum atomic E-state index is -4.43. The highest BCUT2D eigenvalue weighted by atomic mass is 35.5. The second-order valence-corrected chi connectivity index (χ2v) is 3.22. The first-order chi connectivity index (χ1) is 6.36. The molecule has 1 nitrogen and oxygen atoms in total. The lowest BCUT2D eigenvalue weighted by Gasteiger charge is -2.10. The molecule has 0 saturated heterocycles. The molecule has 1 N–H and O–H groups in total. The summed E-state index contributed by atoms with van der Waals surface area (Å²) in [4.78, 5) is 0. The molecule has 1 aromatic rings. The number of aryl methyl sites for hydroxylation is 1. The molecule has 0 aromatic heterocycles. The fourth-order valence-corrected chi connectivity index (χ4v) is 1.33. The lowest BCUT2D eigenvalue weighted by Crippen LogP contribution is -2.05. The van der Waals surface area contributed by atoms with Crippen LogP contribution in [0.2, 0.25) is 5.02 Å². The maximum absolute atomic E-state index is 12.3. The average Bonchev–Trinajstić information content (AvgIpc) is 2.07. The molecule has 0 unspecified atom stereocenters. The first kappa shape index (κ1) is 11.2. The van der Waals surface area contributed by atoms with Gasteiger partial charge in [-0.1, -0.05) is 18.5 Å². The van der Waals surface area contributed by atoms with Gasteiger partial charge in [-0.05, 0) is 24.1 Å². The van der Waals surface area contributed by atoms with E-state index in [4.69, 9.17) is 11.6 Å². The van der Waals surface area contributed by atoms with Crippen molar-refractivity contribution in [1.29, 1.82) is 0 Å². The van der Waals surface area contributed by atoms with Gasteiger partial charge in [-0.2, -0.15) is 13.2 Å². The molecule has 0 radical (unpaired) electrons. The second kappa shape index (κ2) is 3.69. The van der Waals surface area contributed by atoms with E-state index in [1.807, 2.05) is 0 Å². The molecule has 0 saturated carbocycles. The van der Waals surface area contributed by atoms with Gasteiger partial charge < -0.3 is 5.11 Å². The van der Waals surface area contributed by atoms with Gasteiger partial charge in [0.15, 0.2) is 0 Å². The normalized spacial score (nSPS) is 11.8. The first-order valence-corrected chi connectivity index (χ1v) is 4.32. The summed E-state index contributed by atoms with van der Waals surface area (Å²) in [5.74, 6) is -0.276. The molecule has 0 spiro atoms. The van der Waals surface area contributed by atoms with Gasteiger partial charge in [0, 0.05) is 0 Å². The highest BCUT2D eigenvalue weighted by molar-refractivity contribution is 6.32. The Morgan fingerprint density at radius 2 is 1.93 bits per heavy atom. The quantitative estimate of drug-likeness (QED) is 0.772. The SMILES string of the molecule is CCc1cc(C(F)(F)F)cc(Cl)c1O. The Morgan fingerprint density at radius 1 is 1.36 bits per heavy atom. The van der Waals surface area contributed by atoms with Crippen LogP contribution in [0, 0.1) is 0 Å². The number of rotatable bonds is 1. The fraction of sp³-hybridized carbons (Fsp3) is 0.333. The number of phenols is 1. The lowest BCUT2D eigenvalue weighted by atomic mass is 10.1. The van der Waals surface area contributed by atoms with E-state index in [-0.39, 0.29) is 16.3 Å². The van der Waals surface area contributed by atoms with Crippen LogP contribution in [-0.4, -0.2) is 5.11 Å². The van der Waals surface area contributed by atoms with E-state index in [2.05, 4.69) is 0 Å². The highest BCUT2D eigenvalue weighted by Gasteiger charge is 2.31. The Labute approximate surface area is 84.1 Å². The maximum Gasteiger partial charge on any atom is 0.416 e. The minimum Gasteiger partial charge on any atom is -0.506 e. The summed E-state index contributed by atoms with van der Waals surface area (Å²) >= 11 is 5.45. The predicted molar refractivity (Wildman–Crippen MR) is 47.5 cm³/mol. The molecular weight excluding hydrogens is 217 g/mol. The van der Waals surface area contributed by atoms with Gasteiger partial charge in [-0.25, -0.2) is 0 Å². The molecule has 0 aliphatic heterocycles. The third-order valence-electron chi connectivity index (χ3n) is 1.85. The molecule has 78 valence electrons. The van der Waals surface area contributed by atoms with Gasteiger partial charge >= 0.3 is 6.18 Å². The van der Waals surface area contributed by atoms with Crippen LogP contribution in [0.3, 0.4) is 0 Å². The molecule has 14 heavy (non-hydrogen) atoms. The number of phenolic OH excluding ortho intramolecular Hbond substituents is 1. The third kappa shape index (κ3) is 2.12. The van der Waals surface area contributed by atoms with Crippen LogP contribution in [-0.2, 0) is 12.6 Å². The number of halogens is 4. The molecule has 0 amide bonds. The number of benzene rings is 1. The summed E-state index contributed by atoms with van der Waals surface area (Å²) in [6, 6.07) is 1.62. The number of alkyl halides is 3. The van der Waals surface area contributed by atoms with Gasteiger partial charge in [0.05, 0.1) is 10.6 Å². The topological polar surface area (TPSA) is 20.2 Å². The van der Waals surface area contributed by atoms with Gasteiger partial charge in [0.1, 0.15) is 5.75 Å². The maximum atomic E-state index is 12.3.